The minimum absolute atomic E-state index is 0.0424. The van der Waals surface area contributed by atoms with Crippen molar-refractivity contribution in [2.75, 3.05) is 18.0 Å². The summed E-state index contributed by atoms with van der Waals surface area (Å²) in [7, 11) is 0. The molecule has 9 heteroatoms. The van der Waals surface area contributed by atoms with E-state index in [1.165, 1.54) is 0 Å². The van der Waals surface area contributed by atoms with Crippen LogP contribution < -0.4 is 10.2 Å². The molecule has 0 aliphatic carbocycles. The molecular formula is C18H19ClF3N3O2. The molecule has 146 valence electrons. The summed E-state index contributed by atoms with van der Waals surface area (Å²) in [6.07, 6.45) is -1.02. The van der Waals surface area contributed by atoms with Gasteiger partial charge in [0.2, 0.25) is 5.91 Å². The Morgan fingerprint density at radius 3 is 2.67 bits per heavy atom. The molecule has 3 heterocycles. The minimum Gasteiger partial charge on any atom is -0.467 e. The normalized spacial score (nSPS) is 17.0. The average Bonchev–Trinajstić information content (AvgIpc) is 3.16. The molecule has 1 N–H and O–H groups in total. The molecule has 1 saturated heterocycles. The van der Waals surface area contributed by atoms with Crippen LogP contribution in [0.3, 0.4) is 0 Å². The average molecular weight is 402 g/mol. The minimum atomic E-state index is -4.48. The third-order valence-corrected chi connectivity index (χ3v) is 4.92. The van der Waals surface area contributed by atoms with Gasteiger partial charge in [-0.3, -0.25) is 4.79 Å². The standard InChI is InChI=1S/C18H19ClF3N3O2/c1-11(15-3-2-8-27-15)24-17(26)12-4-6-25(7-5-12)16-14(19)9-13(10-23-16)18(20,21)22/h2-3,8-12H,4-7H2,1H3,(H,24,26)/t11-/m0/s1. The number of nitrogens with zero attached hydrogens (tertiary/aromatic N) is 2. The number of aromatic nitrogens is 1. The molecule has 1 fully saturated rings. The van der Waals surface area contributed by atoms with Gasteiger partial charge < -0.3 is 14.6 Å². The molecule has 3 rings (SSSR count). The summed E-state index contributed by atoms with van der Waals surface area (Å²) in [4.78, 5) is 18.1. The van der Waals surface area contributed by atoms with Gasteiger partial charge in [0.15, 0.2) is 0 Å². The van der Waals surface area contributed by atoms with Crippen molar-refractivity contribution in [3.05, 3.63) is 47.0 Å². The number of piperidine rings is 1. The van der Waals surface area contributed by atoms with Crippen LogP contribution in [-0.2, 0) is 11.0 Å². The van der Waals surface area contributed by atoms with Gasteiger partial charge in [0.25, 0.3) is 0 Å². The Labute approximate surface area is 159 Å². The summed E-state index contributed by atoms with van der Waals surface area (Å²) in [5.41, 5.74) is -0.877. The second-order valence-electron chi connectivity index (χ2n) is 6.53. The van der Waals surface area contributed by atoms with Crippen LogP contribution in [0, 0.1) is 5.92 Å². The fraction of sp³-hybridized carbons (Fsp3) is 0.444. The Kier molecular flexibility index (Phi) is 5.64. The van der Waals surface area contributed by atoms with E-state index >= 15 is 0 Å². The summed E-state index contributed by atoms with van der Waals surface area (Å²) >= 11 is 6.00. The molecule has 2 aromatic rings. The number of rotatable bonds is 4. The highest BCUT2D eigenvalue weighted by molar-refractivity contribution is 6.33. The van der Waals surface area contributed by atoms with Crippen molar-refractivity contribution >= 4 is 23.3 Å². The largest absolute Gasteiger partial charge is 0.467 e. The van der Waals surface area contributed by atoms with Crippen LogP contribution in [0.15, 0.2) is 35.1 Å². The van der Waals surface area contributed by atoms with Crippen LogP contribution in [0.1, 0.15) is 37.1 Å². The summed E-state index contributed by atoms with van der Waals surface area (Å²) in [5, 5.41) is 2.88. The first-order chi connectivity index (χ1) is 12.8. The second kappa shape index (κ2) is 7.80. The van der Waals surface area contributed by atoms with E-state index in [-0.39, 0.29) is 22.9 Å². The predicted octanol–water partition coefficient (Wildman–Crippen LogP) is 4.44. The Morgan fingerprint density at radius 2 is 2.11 bits per heavy atom. The van der Waals surface area contributed by atoms with Crippen molar-refractivity contribution in [3.63, 3.8) is 0 Å². The van der Waals surface area contributed by atoms with Crippen LogP contribution in [-0.4, -0.2) is 24.0 Å². The van der Waals surface area contributed by atoms with Gasteiger partial charge in [-0.25, -0.2) is 4.98 Å². The molecule has 1 atom stereocenters. The van der Waals surface area contributed by atoms with E-state index in [2.05, 4.69) is 10.3 Å². The molecule has 1 aliphatic heterocycles. The van der Waals surface area contributed by atoms with Crippen molar-refractivity contribution in [2.24, 2.45) is 5.92 Å². The lowest BCUT2D eigenvalue weighted by Crippen LogP contribution is -2.41. The van der Waals surface area contributed by atoms with Crippen LogP contribution in [0.25, 0.3) is 0 Å². The fourth-order valence-electron chi connectivity index (χ4n) is 3.11. The maximum absolute atomic E-state index is 12.7. The zero-order valence-corrected chi connectivity index (χ0v) is 15.3. The first-order valence-electron chi connectivity index (χ1n) is 8.57. The number of carbonyl (C=O) groups excluding carboxylic acids is 1. The van der Waals surface area contributed by atoms with Crippen molar-refractivity contribution in [2.45, 2.75) is 32.0 Å². The van der Waals surface area contributed by atoms with E-state index in [1.807, 2.05) is 11.8 Å². The number of halogens is 4. The SMILES string of the molecule is C[C@H](NC(=O)C1CCN(c2ncc(C(F)(F)F)cc2Cl)CC1)c1ccco1. The van der Waals surface area contributed by atoms with Gasteiger partial charge in [0, 0.05) is 25.2 Å². The molecule has 0 spiro atoms. The Morgan fingerprint density at radius 1 is 1.41 bits per heavy atom. The van der Waals surface area contributed by atoms with E-state index in [4.69, 9.17) is 16.0 Å². The van der Waals surface area contributed by atoms with E-state index in [1.54, 1.807) is 18.4 Å². The zero-order valence-electron chi connectivity index (χ0n) is 14.6. The van der Waals surface area contributed by atoms with Gasteiger partial charge in [-0.05, 0) is 38.0 Å². The van der Waals surface area contributed by atoms with Crippen LogP contribution in [0.4, 0.5) is 19.0 Å². The number of carbonyl (C=O) groups is 1. The first-order valence-corrected chi connectivity index (χ1v) is 8.95. The zero-order chi connectivity index (χ0) is 19.6. The predicted molar refractivity (Wildman–Crippen MR) is 94.5 cm³/mol. The van der Waals surface area contributed by atoms with Crippen LogP contribution in [0.5, 0.6) is 0 Å². The number of hydrogen-bond donors (Lipinski definition) is 1. The summed E-state index contributed by atoms with van der Waals surface area (Å²) < 4.78 is 43.5. The topological polar surface area (TPSA) is 58.4 Å². The highest BCUT2D eigenvalue weighted by atomic mass is 35.5. The maximum Gasteiger partial charge on any atom is 0.417 e. The van der Waals surface area contributed by atoms with Gasteiger partial charge in [-0.15, -0.1) is 0 Å². The van der Waals surface area contributed by atoms with Crippen molar-refractivity contribution in [1.29, 1.82) is 0 Å². The Bertz CT molecular complexity index is 788. The number of furan rings is 1. The first kappa shape index (κ1) is 19.5. The lowest BCUT2D eigenvalue weighted by Gasteiger charge is -2.33. The van der Waals surface area contributed by atoms with Gasteiger partial charge >= 0.3 is 6.18 Å². The highest BCUT2D eigenvalue weighted by Gasteiger charge is 2.33. The third kappa shape index (κ3) is 4.55. The molecule has 2 aromatic heterocycles. The molecule has 1 aliphatic rings. The lowest BCUT2D eigenvalue weighted by atomic mass is 9.95. The molecule has 27 heavy (non-hydrogen) atoms. The van der Waals surface area contributed by atoms with Crippen molar-refractivity contribution in [3.8, 4) is 0 Å². The fourth-order valence-corrected chi connectivity index (χ4v) is 3.40. The van der Waals surface area contributed by atoms with E-state index in [0.29, 0.717) is 37.5 Å². The number of nitrogens with one attached hydrogen (secondary N) is 1. The van der Waals surface area contributed by atoms with Gasteiger partial charge in [0.05, 0.1) is 22.9 Å². The van der Waals surface area contributed by atoms with E-state index in [9.17, 15) is 18.0 Å². The summed E-state index contributed by atoms with van der Waals surface area (Å²) in [6, 6.07) is 4.22. The molecule has 0 bridgehead atoms. The molecular weight excluding hydrogens is 383 g/mol. The smallest absolute Gasteiger partial charge is 0.417 e. The van der Waals surface area contributed by atoms with Gasteiger partial charge in [-0.2, -0.15) is 13.2 Å². The number of pyridine rings is 1. The van der Waals surface area contributed by atoms with E-state index < -0.39 is 11.7 Å². The van der Waals surface area contributed by atoms with Crippen LogP contribution in [0.2, 0.25) is 5.02 Å². The summed E-state index contributed by atoms with van der Waals surface area (Å²) in [6.45, 7) is 2.83. The number of hydrogen-bond acceptors (Lipinski definition) is 4. The highest BCUT2D eigenvalue weighted by Crippen LogP contribution is 2.34. The van der Waals surface area contributed by atoms with Gasteiger partial charge in [-0.1, -0.05) is 11.6 Å². The molecule has 0 radical (unpaired) electrons. The molecule has 0 unspecified atom stereocenters. The molecule has 0 aromatic carbocycles. The monoisotopic (exact) mass is 401 g/mol. The number of anilines is 1. The van der Waals surface area contributed by atoms with E-state index in [0.717, 1.165) is 12.3 Å². The summed E-state index contributed by atoms with van der Waals surface area (Å²) in [5.74, 6) is 0.755. The van der Waals surface area contributed by atoms with Crippen molar-refractivity contribution in [1.82, 2.24) is 10.3 Å². The number of amides is 1. The maximum atomic E-state index is 12.7. The van der Waals surface area contributed by atoms with Crippen molar-refractivity contribution < 1.29 is 22.4 Å². The lowest BCUT2D eigenvalue weighted by molar-refractivity contribution is -0.137. The number of alkyl halides is 3. The molecule has 1 amide bonds. The third-order valence-electron chi connectivity index (χ3n) is 4.64. The Hall–Kier alpha value is -2.22. The van der Waals surface area contributed by atoms with Gasteiger partial charge in [0.1, 0.15) is 11.6 Å². The second-order valence-corrected chi connectivity index (χ2v) is 6.94. The Balaban J connectivity index is 1.58. The molecule has 0 saturated carbocycles. The quantitative estimate of drug-likeness (QED) is 0.822. The van der Waals surface area contributed by atoms with Crippen LogP contribution >= 0.6 is 11.6 Å². The molecule has 5 nitrogen and oxygen atoms in total.